The Morgan fingerprint density at radius 1 is 1.10 bits per heavy atom. The van der Waals surface area contributed by atoms with Crippen LogP contribution >= 0.6 is 0 Å². The minimum absolute atomic E-state index is 0.499. The van der Waals surface area contributed by atoms with Crippen LogP contribution in [0.15, 0.2) is 73.5 Å². The molecule has 0 aromatic heterocycles. The van der Waals surface area contributed by atoms with Crippen LogP contribution in [-0.4, -0.2) is 5.97 Å². The lowest BCUT2D eigenvalue weighted by Gasteiger charge is -2.09. The Labute approximate surface area is 123 Å². The minimum atomic E-state index is -0.531. The van der Waals surface area contributed by atoms with Gasteiger partial charge in [-0.25, -0.2) is 4.79 Å². The van der Waals surface area contributed by atoms with E-state index in [1.807, 2.05) is 36.4 Å². The average Bonchev–Trinajstić information content (AvgIpc) is 2.54. The van der Waals surface area contributed by atoms with Crippen molar-refractivity contribution in [1.82, 2.24) is 0 Å². The molecule has 0 heterocycles. The van der Waals surface area contributed by atoms with Crippen molar-refractivity contribution in [2.24, 2.45) is 0 Å². The summed E-state index contributed by atoms with van der Waals surface area (Å²) in [6, 6.07) is 18.6. The van der Waals surface area contributed by atoms with E-state index in [0.29, 0.717) is 16.7 Å². The van der Waals surface area contributed by atoms with Crippen molar-refractivity contribution in [3.8, 4) is 6.07 Å². The Hall–Kier alpha value is -3.12. The molecule has 0 aliphatic heterocycles. The van der Waals surface area contributed by atoms with Gasteiger partial charge in [0.1, 0.15) is 0 Å². The first-order valence-electron chi connectivity index (χ1n) is 6.34. The summed E-state index contributed by atoms with van der Waals surface area (Å²) in [5, 5.41) is 9.24. The Morgan fingerprint density at radius 2 is 1.76 bits per heavy atom. The lowest BCUT2D eigenvalue weighted by Crippen LogP contribution is -1.99. The monoisotopic (exact) mass is 275 g/mol. The molecule has 0 bridgehead atoms. The number of ether oxygens (including phenoxy) is 1. The molecular weight excluding hydrogens is 262 g/mol. The lowest BCUT2D eigenvalue weighted by atomic mass is 9.94. The SMILES string of the molecule is C=COC(=O)/C=C(/c1ccccc1)c1ccccc1C#N. The second-order valence-electron chi connectivity index (χ2n) is 4.18. The Balaban J connectivity index is 2.59. The molecule has 2 aromatic carbocycles. The number of nitrogens with zero attached hydrogens (tertiary/aromatic N) is 1. The molecule has 0 radical (unpaired) electrons. The van der Waals surface area contributed by atoms with E-state index in [4.69, 9.17) is 4.74 Å². The molecule has 0 unspecified atom stereocenters. The fourth-order valence-corrected chi connectivity index (χ4v) is 1.98. The van der Waals surface area contributed by atoms with Gasteiger partial charge < -0.3 is 4.74 Å². The summed E-state index contributed by atoms with van der Waals surface area (Å²) >= 11 is 0. The van der Waals surface area contributed by atoms with Crippen molar-refractivity contribution in [3.63, 3.8) is 0 Å². The highest BCUT2D eigenvalue weighted by Gasteiger charge is 2.11. The van der Waals surface area contributed by atoms with E-state index in [2.05, 4.69) is 12.6 Å². The van der Waals surface area contributed by atoms with Crippen LogP contribution < -0.4 is 0 Å². The highest BCUT2D eigenvalue weighted by molar-refractivity contribution is 5.97. The molecule has 0 aliphatic rings. The molecule has 21 heavy (non-hydrogen) atoms. The van der Waals surface area contributed by atoms with Crippen LogP contribution in [0.4, 0.5) is 0 Å². The number of hydrogen-bond acceptors (Lipinski definition) is 3. The zero-order chi connectivity index (χ0) is 15.1. The molecule has 0 saturated carbocycles. The summed E-state index contributed by atoms with van der Waals surface area (Å²) in [5.41, 5.74) is 2.66. The normalized spacial score (nSPS) is 10.5. The van der Waals surface area contributed by atoms with Crippen LogP contribution in [0.3, 0.4) is 0 Å². The third-order valence-electron chi connectivity index (χ3n) is 2.88. The maximum absolute atomic E-state index is 11.7. The van der Waals surface area contributed by atoms with Crippen molar-refractivity contribution in [2.45, 2.75) is 0 Å². The first kappa shape index (κ1) is 14.3. The van der Waals surface area contributed by atoms with Crippen molar-refractivity contribution in [3.05, 3.63) is 90.2 Å². The van der Waals surface area contributed by atoms with E-state index in [1.54, 1.807) is 18.2 Å². The molecule has 0 amide bonds. The Bertz CT molecular complexity index is 724. The summed E-state index contributed by atoms with van der Waals surface area (Å²) < 4.78 is 4.75. The maximum atomic E-state index is 11.7. The van der Waals surface area contributed by atoms with Crippen LogP contribution in [-0.2, 0) is 9.53 Å². The fourth-order valence-electron chi connectivity index (χ4n) is 1.98. The smallest absolute Gasteiger partial charge is 0.336 e. The Kier molecular flexibility index (Phi) is 4.68. The largest absolute Gasteiger partial charge is 0.432 e. The Morgan fingerprint density at radius 3 is 2.43 bits per heavy atom. The van der Waals surface area contributed by atoms with Gasteiger partial charge in [-0.2, -0.15) is 5.26 Å². The van der Waals surface area contributed by atoms with Gasteiger partial charge in [-0.1, -0.05) is 55.1 Å². The number of carbonyl (C=O) groups excluding carboxylic acids is 1. The maximum Gasteiger partial charge on any atom is 0.336 e. The topological polar surface area (TPSA) is 50.1 Å². The number of hydrogen-bond donors (Lipinski definition) is 0. The van der Waals surface area contributed by atoms with Crippen molar-refractivity contribution < 1.29 is 9.53 Å². The third-order valence-corrected chi connectivity index (χ3v) is 2.88. The summed E-state index contributed by atoms with van der Waals surface area (Å²) in [6.07, 6.45) is 2.45. The number of carbonyl (C=O) groups is 1. The second-order valence-corrected chi connectivity index (χ2v) is 4.18. The second kappa shape index (κ2) is 6.88. The number of benzene rings is 2. The summed E-state index contributed by atoms with van der Waals surface area (Å²) in [5.74, 6) is -0.531. The zero-order valence-electron chi connectivity index (χ0n) is 11.3. The predicted molar refractivity (Wildman–Crippen MR) is 81.0 cm³/mol. The molecule has 2 rings (SSSR count). The van der Waals surface area contributed by atoms with Crippen molar-refractivity contribution >= 4 is 11.5 Å². The first-order valence-corrected chi connectivity index (χ1v) is 6.34. The molecule has 0 aliphatic carbocycles. The lowest BCUT2D eigenvalue weighted by molar-refractivity contribution is -0.132. The minimum Gasteiger partial charge on any atom is -0.432 e. The van der Waals surface area contributed by atoms with Crippen LogP contribution in [0.5, 0.6) is 0 Å². The fraction of sp³-hybridized carbons (Fsp3) is 0. The molecule has 0 saturated heterocycles. The summed E-state index contributed by atoms with van der Waals surface area (Å²) in [4.78, 5) is 11.7. The quantitative estimate of drug-likeness (QED) is 0.486. The molecule has 0 spiro atoms. The summed E-state index contributed by atoms with van der Waals surface area (Å²) in [6.45, 7) is 3.36. The molecular formula is C18H13NO2. The van der Waals surface area contributed by atoms with Gasteiger partial charge in [0.25, 0.3) is 0 Å². The molecule has 2 aromatic rings. The number of rotatable bonds is 4. The number of nitriles is 1. The molecule has 0 N–H and O–H groups in total. The van der Waals surface area contributed by atoms with Crippen LogP contribution in [0.2, 0.25) is 0 Å². The third kappa shape index (κ3) is 3.46. The van der Waals surface area contributed by atoms with E-state index in [1.165, 1.54) is 6.08 Å². The van der Waals surface area contributed by atoms with E-state index in [-0.39, 0.29) is 0 Å². The predicted octanol–water partition coefficient (Wildman–Crippen LogP) is 3.68. The molecule has 3 heteroatoms. The van der Waals surface area contributed by atoms with Gasteiger partial charge in [-0.15, -0.1) is 0 Å². The van der Waals surface area contributed by atoms with Crippen molar-refractivity contribution in [1.29, 1.82) is 5.26 Å². The standard InChI is InChI=1S/C18H13NO2/c1-2-21-18(20)12-17(14-8-4-3-5-9-14)16-11-7-6-10-15(16)13-19/h2-12H,1H2/b17-12-. The summed E-state index contributed by atoms with van der Waals surface area (Å²) in [7, 11) is 0. The number of esters is 1. The van der Waals surface area contributed by atoms with Crippen LogP contribution in [0, 0.1) is 11.3 Å². The average molecular weight is 275 g/mol. The van der Waals surface area contributed by atoms with E-state index < -0.39 is 5.97 Å². The van der Waals surface area contributed by atoms with Gasteiger partial charge >= 0.3 is 5.97 Å². The molecule has 0 atom stereocenters. The van der Waals surface area contributed by atoms with Crippen LogP contribution in [0.25, 0.3) is 5.57 Å². The van der Waals surface area contributed by atoms with Gasteiger partial charge in [-0.05, 0) is 17.2 Å². The van der Waals surface area contributed by atoms with Gasteiger partial charge in [0, 0.05) is 11.6 Å². The molecule has 0 fully saturated rings. The van der Waals surface area contributed by atoms with E-state index in [0.717, 1.165) is 11.8 Å². The van der Waals surface area contributed by atoms with E-state index in [9.17, 15) is 10.1 Å². The molecule has 102 valence electrons. The molecule has 3 nitrogen and oxygen atoms in total. The van der Waals surface area contributed by atoms with Gasteiger partial charge in [-0.3, -0.25) is 0 Å². The zero-order valence-corrected chi connectivity index (χ0v) is 11.3. The van der Waals surface area contributed by atoms with Crippen molar-refractivity contribution in [2.75, 3.05) is 0 Å². The van der Waals surface area contributed by atoms with Crippen LogP contribution in [0.1, 0.15) is 16.7 Å². The van der Waals surface area contributed by atoms with Gasteiger partial charge in [0.05, 0.1) is 17.9 Å². The highest BCUT2D eigenvalue weighted by Crippen LogP contribution is 2.26. The van der Waals surface area contributed by atoms with Gasteiger partial charge in [0.2, 0.25) is 0 Å². The highest BCUT2D eigenvalue weighted by atomic mass is 16.5. The van der Waals surface area contributed by atoms with Gasteiger partial charge in [0.15, 0.2) is 0 Å². The first-order chi connectivity index (χ1) is 10.3. The van der Waals surface area contributed by atoms with E-state index >= 15 is 0 Å².